The van der Waals surface area contributed by atoms with Crippen LogP contribution in [0.4, 0.5) is 0 Å². The van der Waals surface area contributed by atoms with E-state index in [0.717, 1.165) is 5.57 Å². The molecule has 0 aromatic heterocycles. The minimum absolute atomic E-state index is 0.344. The van der Waals surface area contributed by atoms with Crippen LogP contribution >= 0.6 is 0 Å². The predicted molar refractivity (Wildman–Crippen MR) is 48.0 cm³/mol. The van der Waals surface area contributed by atoms with Crippen molar-refractivity contribution in [2.24, 2.45) is 0 Å². The topological polar surface area (TPSA) is 0 Å². The number of rotatable bonds is 4. The highest BCUT2D eigenvalue weighted by Crippen LogP contribution is 2.04. The third kappa shape index (κ3) is 5.36. The predicted octanol–water partition coefficient (Wildman–Crippen LogP) is 3.48. The van der Waals surface area contributed by atoms with E-state index in [1.54, 1.807) is 6.08 Å². The SMILES string of the molecule is [2H]C([2H])([2H])C(=CCCC(=C)C=C)C([2H])([2H])[2H]. The maximum atomic E-state index is 7.14. The minimum Gasteiger partial charge on any atom is -0.0988 e. The molecule has 0 saturated heterocycles. The van der Waals surface area contributed by atoms with E-state index in [9.17, 15) is 0 Å². The third-order valence-corrected chi connectivity index (χ3v) is 1.10. The Kier molecular flexibility index (Phi) is 1.55. The quantitative estimate of drug-likeness (QED) is 0.416. The van der Waals surface area contributed by atoms with Gasteiger partial charge in [-0.1, -0.05) is 36.5 Å². The molecule has 0 bridgehead atoms. The van der Waals surface area contributed by atoms with Crippen LogP contribution in [0.2, 0.25) is 0 Å². The molecule has 0 amide bonds. The first-order valence-electron chi connectivity index (χ1n) is 6.10. The Morgan fingerprint density at radius 3 is 2.80 bits per heavy atom. The lowest BCUT2D eigenvalue weighted by Gasteiger charge is -1.94. The average Bonchev–Trinajstić information content (AvgIpc) is 2.07. The second-order valence-corrected chi connectivity index (χ2v) is 2.02. The zero-order valence-corrected chi connectivity index (χ0v) is 5.98. The van der Waals surface area contributed by atoms with Crippen LogP contribution < -0.4 is 0 Å². The van der Waals surface area contributed by atoms with Crippen molar-refractivity contribution in [1.29, 1.82) is 0 Å². The fraction of sp³-hybridized carbons (Fsp3) is 0.400. The number of allylic oxidation sites excluding steroid dienone is 4. The van der Waals surface area contributed by atoms with Crippen molar-refractivity contribution in [3.8, 4) is 0 Å². The van der Waals surface area contributed by atoms with E-state index < -0.39 is 19.3 Å². The van der Waals surface area contributed by atoms with Gasteiger partial charge in [-0.3, -0.25) is 0 Å². The Labute approximate surface area is 72.4 Å². The summed E-state index contributed by atoms with van der Waals surface area (Å²) in [6, 6.07) is 0. The Bertz CT molecular complexity index is 275. The average molecular weight is 142 g/mol. The van der Waals surface area contributed by atoms with Crippen molar-refractivity contribution in [1.82, 2.24) is 0 Å². The van der Waals surface area contributed by atoms with Gasteiger partial charge >= 0.3 is 0 Å². The van der Waals surface area contributed by atoms with Gasteiger partial charge in [0.25, 0.3) is 0 Å². The van der Waals surface area contributed by atoms with Gasteiger partial charge in [0.15, 0.2) is 0 Å². The lowest BCUT2D eigenvalue weighted by atomic mass is 10.1. The number of hydrogen-bond acceptors (Lipinski definition) is 0. The van der Waals surface area contributed by atoms with Crippen LogP contribution in [-0.2, 0) is 0 Å². The van der Waals surface area contributed by atoms with Gasteiger partial charge in [0, 0.05) is 8.22 Å². The molecule has 0 unspecified atom stereocenters. The van der Waals surface area contributed by atoms with Crippen molar-refractivity contribution >= 4 is 0 Å². The zero-order valence-electron chi connectivity index (χ0n) is 12.0. The fourth-order valence-electron chi connectivity index (χ4n) is 0.504. The van der Waals surface area contributed by atoms with E-state index in [2.05, 4.69) is 13.2 Å². The molecule has 0 saturated carbocycles. The summed E-state index contributed by atoms with van der Waals surface area (Å²) >= 11 is 0. The van der Waals surface area contributed by atoms with Gasteiger partial charge in [-0.2, -0.15) is 0 Å². The zero-order chi connectivity index (χ0) is 13.0. The maximum Gasteiger partial charge on any atom is 0.0276 e. The Hall–Kier alpha value is -0.780. The molecule has 0 nitrogen and oxygen atoms in total. The summed E-state index contributed by atoms with van der Waals surface area (Å²) in [5.74, 6) is 0. The Morgan fingerprint density at radius 1 is 1.60 bits per heavy atom. The van der Waals surface area contributed by atoms with E-state index in [-0.39, 0.29) is 0 Å². The van der Waals surface area contributed by atoms with Crippen LogP contribution in [0.5, 0.6) is 0 Å². The number of hydrogen-bond donors (Lipinski definition) is 0. The largest absolute Gasteiger partial charge is 0.0988 e. The molecule has 0 heterocycles. The molecule has 0 aliphatic carbocycles. The van der Waals surface area contributed by atoms with Gasteiger partial charge in [-0.25, -0.2) is 0 Å². The highest BCUT2D eigenvalue weighted by Gasteiger charge is 1.84. The van der Waals surface area contributed by atoms with Gasteiger partial charge < -0.3 is 0 Å². The Morgan fingerprint density at radius 2 is 2.30 bits per heavy atom. The molecule has 0 N–H and O–H groups in total. The van der Waals surface area contributed by atoms with Crippen LogP contribution in [0.15, 0.2) is 36.5 Å². The van der Waals surface area contributed by atoms with Gasteiger partial charge in [0.2, 0.25) is 0 Å². The molecule has 0 atom stereocenters. The maximum absolute atomic E-state index is 7.14. The smallest absolute Gasteiger partial charge is 0.0276 e. The van der Waals surface area contributed by atoms with Crippen molar-refractivity contribution in [2.45, 2.75) is 26.5 Å². The molecule has 0 aromatic rings. The van der Waals surface area contributed by atoms with Crippen molar-refractivity contribution in [3.63, 3.8) is 0 Å². The molecule has 0 spiro atoms. The lowest BCUT2D eigenvalue weighted by Crippen LogP contribution is -1.74. The highest BCUT2D eigenvalue weighted by molar-refractivity contribution is 5.11. The van der Waals surface area contributed by atoms with E-state index in [1.807, 2.05) is 0 Å². The first kappa shape index (κ1) is 3.08. The van der Waals surface area contributed by atoms with E-state index in [4.69, 9.17) is 8.22 Å². The summed E-state index contributed by atoms with van der Waals surface area (Å²) in [4.78, 5) is 0. The molecule has 0 rings (SSSR count). The molecule has 0 aromatic carbocycles. The Balaban J connectivity index is 4.74. The second-order valence-electron chi connectivity index (χ2n) is 2.02. The van der Waals surface area contributed by atoms with Gasteiger partial charge in [0.1, 0.15) is 0 Å². The molecule has 56 valence electrons. The normalized spacial score (nSPS) is 20.0. The van der Waals surface area contributed by atoms with E-state index in [0.29, 0.717) is 12.8 Å². The first-order chi connectivity index (χ1) is 7.09. The summed E-state index contributed by atoms with van der Waals surface area (Å²) in [7, 11) is 0. The summed E-state index contributed by atoms with van der Waals surface area (Å²) in [5.41, 5.74) is 0.281. The molecule has 0 aliphatic rings. The second kappa shape index (κ2) is 5.04. The van der Waals surface area contributed by atoms with Crippen LogP contribution in [0.3, 0.4) is 0 Å². The molecule has 0 heteroatoms. The molecule has 0 aliphatic heterocycles. The van der Waals surface area contributed by atoms with E-state index >= 15 is 0 Å². The summed E-state index contributed by atoms with van der Waals surface area (Å²) in [6.45, 7) is 2.04. The van der Waals surface area contributed by atoms with Gasteiger partial charge in [-0.05, 0) is 26.5 Å². The van der Waals surface area contributed by atoms with Gasteiger partial charge in [-0.15, -0.1) is 0 Å². The summed E-state index contributed by atoms with van der Waals surface area (Å²) < 4.78 is 42.8. The molecule has 10 heavy (non-hydrogen) atoms. The third-order valence-electron chi connectivity index (χ3n) is 1.10. The van der Waals surface area contributed by atoms with Crippen LogP contribution in [-0.4, -0.2) is 0 Å². The van der Waals surface area contributed by atoms with Crippen molar-refractivity contribution < 1.29 is 8.22 Å². The molecule has 0 radical (unpaired) electrons. The molecule has 0 fully saturated rings. The highest BCUT2D eigenvalue weighted by atomic mass is 13.9. The lowest BCUT2D eigenvalue weighted by molar-refractivity contribution is 0.999. The van der Waals surface area contributed by atoms with Gasteiger partial charge in [0.05, 0.1) is 0 Å². The fourth-order valence-corrected chi connectivity index (χ4v) is 0.504. The molecular weight excluding hydrogens is 120 g/mol. The standard InChI is InChI=1S/C10H16/c1-5-10(4)8-6-7-9(2)3/h5,7H,1,4,6,8H2,2-3H3/i2D3,3D3. The van der Waals surface area contributed by atoms with Crippen LogP contribution in [0.1, 0.15) is 34.8 Å². The van der Waals surface area contributed by atoms with Crippen molar-refractivity contribution in [2.75, 3.05) is 0 Å². The van der Waals surface area contributed by atoms with Crippen LogP contribution in [0, 0.1) is 0 Å². The van der Waals surface area contributed by atoms with Crippen molar-refractivity contribution in [3.05, 3.63) is 36.5 Å². The summed E-state index contributed by atoms with van der Waals surface area (Å²) in [5, 5.41) is 0. The molecular formula is C10H16. The van der Waals surface area contributed by atoms with E-state index in [1.165, 1.54) is 6.08 Å². The first-order valence-corrected chi connectivity index (χ1v) is 3.10. The minimum atomic E-state index is -2.57. The van der Waals surface area contributed by atoms with Crippen LogP contribution in [0.25, 0.3) is 0 Å². The monoisotopic (exact) mass is 142 g/mol. The summed E-state index contributed by atoms with van der Waals surface area (Å²) in [6.07, 6.45) is 3.68.